The Labute approximate surface area is 149 Å². The molecule has 0 heterocycles. The van der Waals surface area contributed by atoms with Crippen LogP contribution in [0.2, 0.25) is 0 Å². The SMILES string of the molecule is O=C(COC(=O)c1cccc(O)c1)Nc1ccc([N+](=O)[O-])cc1C(F)(F)F. The van der Waals surface area contributed by atoms with E-state index in [1.165, 1.54) is 18.2 Å². The van der Waals surface area contributed by atoms with Crippen LogP contribution in [0.4, 0.5) is 24.5 Å². The lowest BCUT2D eigenvalue weighted by molar-refractivity contribution is -0.385. The molecule has 1 amide bonds. The minimum absolute atomic E-state index is 0.0610. The van der Waals surface area contributed by atoms with Crippen molar-refractivity contribution < 1.29 is 37.5 Å². The van der Waals surface area contributed by atoms with Crippen LogP contribution in [0.5, 0.6) is 5.75 Å². The van der Waals surface area contributed by atoms with E-state index < -0.39 is 46.5 Å². The fourth-order valence-electron chi connectivity index (χ4n) is 2.02. The molecule has 2 N–H and O–H groups in total. The number of anilines is 1. The Hall–Kier alpha value is -3.63. The number of alkyl halides is 3. The quantitative estimate of drug-likeness (QED) is 0.464. The first kappa shape index (κ1) is 19.7. The van der Waals surface area contributed by atoms with Crippen molar-refractivity contribution in [3.63, 3.8) is 0 Å². The standard InChI is InChI=1S/C16H11F3N2O6/c17-16(18,19)12-7-10(21(25)26)4-5-13(12)20-14(23)8-27-15(24)9-2-1-3-11(22)6-9/h1-7,22H,8H2,(H,20,23). The number of nitrogens with zero attached hydrogens (tertiary/aromatic N) is 1. The van der Waals surface area contributed by atoms with Gasteiger partial charge in [-0.2, -0.15) is 13.2 Å². The van der Waals surface area contributed by atoms with E-state index >= 15 is 0 Å². The first-order chi connectivity index (χ1) is 12.6. The molecule has 0 spiro atoms. The van der Waals surface area contributed by atoms with Crippen molar-refractivity contribution in [3.05, 3.63) is 63.7 Å². The second kappa shape index (κ2) is 7.72. The maximum Gasteiger partial charge on any atom is 0.418 e. The van der Waals surface area contributed by atoms with Crippen molar-refractivity contribution in [3.8, 4) is 5.75 Å². The Balaban J connectivity index is 2.09. The molecule has 0 saturated heterocycles. The minimum atomic E-state index is -4.95. The monoisotopic (exact) mass is 384 g/mol. The molecule has 0 saturated carbocycles. The highest BCUT2D eigenvalue weighted by Gasteiger charge is 2.35. The van der Waals surface area contributed by atoms with Crippen molar-refractivity contribution in [1.29, 1.82) is 0 Å². The zero-order chi connectivity index (χ0) is 20.2. The smallest absolute Gasteiger partial charge is 0.418 e. The summed E-state index contributed by atoms with van der Waals surface area (Å²) in [5, 5.41) is 21.8. The number of halogens is 3. The summed E-state index contributed by atoms with van der Waals surface area (Å²) in [5.41, 5.74) is -2.99. The lowest BCUT2D eigenvalue weighted by Crippen LogP contribution is -2.22. The molecule has 2 aromatic rings. The number of carbonyl (C=O) groups excluding carboxylic acids is 2. The molecule has 0 fully saturated rings. The number of non-ortho nitro benzene ring substituents is 1. The first-order valence-corrected chi connectivity index (χ1v) is 7.19. The third-order valence-corrected chi connectivity index (χ3v) is 3.21. The normalized spacial score (nSPS) is 10.9. The van der Waals surface area contributed by atoms with Gasteiger partial charge >= 0.3 is 12.1 Å². The Morgan fingerprint density at radius 1 is 1.19 bits per heavy atom. The van der Waals surface area contributed by atoms with Gasteiger partial charge in [0.2, 0.25) is 0 Å². The number of hydrogen-bond donors (Lipinski definition) is 2. The highest BCUT2D eigenvalue weighted by molar-refractivity contribution is 5.96. The maximum atomic E-state index is 13.0. The zero-order valence-electron chi connectivity index (χ0n) is 13.3. The van der Waals surface area contributed by atoms with E-state index in [9.17, 15) is 38.0 Å². The summed E-state index contributed by atoms with van der Waals surface area (Å²) < 4.78 is 43.8. The van der Waals surface area contributed by atoms with Crippen LogP contribution in [-0.2, 0) is 15.7 Å². The number of benzene rings is 2. The fourth-order valence-corrected chi connectivity index (χ4v) is 2.02. The van der Waals surface area contributed by atoms with E-state index in [1.807, 2.05) is 5.32 Å². The summed E-state index contributed by atoms with van der Waals surface area (Å²) in [6.07, 6.45) is -4.95. The molecule has 2 rings (SSSR count). The number of aromatic hydroxyl groups is 1. The lowest BCUT2D eigenvalue weighted by atomic mass is 10.1. The lowest BCUT2D eigenvalue weighted by Gasteiger charge is -2.13. The van der Waals surface area contributed by atoms with Crippen LogP contribution in [0.15, 0.2) is 42.5 Å². The largest absolute Gasteiger partial charge is 0.508 e. The van der Waals surface area contributed by atoms with Crippen LogP contribution >= 0.6 is 0 Å². The molecule has 27 heavy (non-hydrogen) atoms. The molecule has 0 bridgehead atoms. The van der Waals surface area contributed by atoms with Gasteiger partial charge in [0, 0.05) is 12.1 Å². The van der Waals surface area contributed by atoms with Gasteiger partial charge in [-0.1, -0.05) is 6.07 Å². The van der Waals surface area contributed by atoms with Crippen molar-refractivity contribution in [2.24, 2.45) is 0 Å². The summed E-state index contributed by atoms with van der Waals surface area (Å²) in [7, 11) is 0. The Morgan fingerprint density at radius 3 is 2.48 bits per heavy atom. The molecule has 0 aliphatic rings. The Kier molecular flexibility index (Phi) is 5.63. The summed E-state index contributed by atoms with van der Waals surface area (Å²) in [4.78, 5) is 33.1. The third kappa shape index (κ3) is 5.17. The number of nitrogens with one attached hydrogen (secondary N) is 1. The van der Waals surface area contributed by atoms with E-state index in [0.29, 0.717) is 0 Å². The first-order valence-electron chi connectivity index (χ1n) is 7.19. The van der Waals surface area contributed by atoms with Crippen LogP contribution < -0.4 is 5.32 Å². The summed E-state index contributed by atoms with van der Waals surface area (Å²) in [6.45, 7) is -0.900. The highest BCUT2D eigenvalue weighted by atomic mass is 19.4. The van der Waals surface area contributed by atoms with Gasteiger partial charge in [0.25, 0.3) is 11.6 Å². The number of rotatable bonds is 5. The second-order valence-electron chi connectivity index (χ2n) is 5.16. The number of phenols is 1. The topological polar surface area (TPSA) is 119 Å². The molecular weight excluding hydrogens is 373 g/mol. The number of carbonyl (C=O) groups is 2. The molecule has 142 valence electrons. The molecule has 0 unspecified atom stereocenters. The van der Waals surface area contributed by atoms with Crippen molar-refractivity contribution in [1.82, 2.24) is 0 Å². The predicted octanol–water partition coefficient (Wildman–Crippen LogP) is 3.11. The molecular formula is C16H11F3N2O6. The van der Waals surface area contributed by atoms with Crippen molar-refractivity contribution in [2.45, 2.75) is 6.18 Å². The summed E-state index contributed by atoms with van der Waals surface area (Å²) in [6, 6.07) is 6.86. The third-order valence-electron chi connectivity index (χ3n) is 3.21. The van der Waals surface area contributed by atoms with E-state index in [0.717, 1.165) is 18.2 Å². The van der Waals surface area contributed by atoms with Gasteiger partial charge in [0.15, 0.2) is 6.61 Å². The Morgan fingerprint density at radius 2 is 1.89 bits per heavy atom. The molecule has 0 aliphatic carbocycles. The molecule has 11 heteroatoms. The Bertz CT molecular complexity index is 898. The second-order valence-corrected chi connectivity index (χ2v) is 5.16. The number of nitro benzene ring substituents is 1. The van der Waals surface area contributed by atoms with Gasteiger partial charge in [0.1, 0.15) is 5.75 Å². The predicted molar refractivity (Wildman–Crippen MR) is 85.1 cm³/mol. The van der Waals surface area contributed by atoms with Crippen molar-refractivity contribution >= 4 is 23.3 Å². The number of phenolic OH excluding ortho intramolecular Hbond substituents is 1. The van der Waals surface area contributed by atoms with Crippen molar-refractivity contribution in [2.75, 3.05) is 11.9 Å². The van der Waals surface area contributed by atoms with Gasteiger partial charge in [0.05, 0.1) is 21.7 Å². The van der Waals surface area contributed by atoms with Gasteiger partial charge in [-0.3, -0.25) is 14.9 Å². The van der Waals surface area contributed by atoms with Crippen LogP contribution in [0.3, 0.4) is 0 Å². The highest BCUT2D eigenvalue weighted by Crippen LogP contribution is 2.37. The summed E-state index contributed by atoms with van der Waals surface area (Å²) in [5.74, 6) is -2.27. The number of amides is 1. The number of nitro groups is 1. The van der Waals surface area contributed by atoms with Crippen LogP contribution in [0, 0.1) is 10.1 Å². The zero-order valence-corrected chi connectivity index (χ0v) is 13.3. The number of hydrogen-bond acceptors (Lipinski definition) is 6. The number of esters is 1. The van der Waals surface area contributed by atoms with Gasteiger partial charge in [-0.05, 0) is 24.3 Å². The molecule has 0 aromatic heterocycles. The van der Waals surface area contributed by atoms with E-state index in [-0.39, 0.29) is 17.4 Å². The molecule has 0 radical (unpaired) electrons. The summed E-state index contributed by atoms with van der Waals surface area (Å²) >= 11 is 0. The average Bonchev–Trinajstić information content (AvgIpc) is 2.58. The minimum Gasteiger partial charge on any atom is -0.508 e. The van der Waals surface area contributed by atoms with Crippen LogP contribution in [0.25, 0.3) is 0 Å². The van der Waals surface area contributed by atoms with Crippen LogP contribution in [-0.4, -0.2) is 28.5 Å². The fraction of sp³-hybridized carbons (Fsp3) is 0.125. The van der Waals surface area contributed by atoms with Gasteiger partial charge in [-0.25, -0.2) is 4.79 Å². The maximum absolute atomic E-state index is 13.0. The van der Waals surface area contributed by atoms with E-state index in [2.05, 4.69) is 4.74 Å². The van der Waals surface area contributed by atoms with Gasteiger partial charge in [-0.15, -0.1) is 0 Å². The van der Waals surface area contributed by atoms with E-state index in [1.54, 1.807) is 0 Å². The van der Waals surface area contributed by atoms with Crippen LogP contribution in [0.1, 0.15) is 15.9 Å². The molecule has 0 atom stereocenters. The molecule has 8 nitrogen and oxygen atoms in total. The molecule has 0 aliphatic heterocycles. The molecule has 2 aromatic carbocycles. The van der Waals surface area contributed by atoms with E-state index in [4.69, 9.17) is 0 Å². The number of ether oxygens (including phenoxy) is 1. The average molecular weight is 384 g/mol. The van der Waals surface area contributed by atoms with Gasteiger partial charge < -0.3 is 15.2 Å².